The Morgan fingerprint density at radius 1 is 1.50 bits per heavy atom. The summed E-state index contributed by atoms with van der Waals surface area (Å²) in [6, 6.07) is 4.69. The Morgan fingerprint density at radius 3 is 2.70 bits per heavy atom. The molecule has 0 unspecified atom stereocenters. The number of hydrogen-bond acceptors (Lipinski definition) is 3. The van der Waals surface area contributed by atoms with Gasteiger partial charge in [-0.3, -0.25) is 4.90 Å². The van der Waals surface area contributed by atoms with Crippen molar-refractivity contribution in [3.05, 3.63) is 34.6 Å². The number of nitrogens with two attached hydrogens (primary N) is 1. The summed E-state index contributed by atoms with van der Waals surface area (Å²) in [5.74, 6) is -0.203. The molecule has 1 aromatic carbocycles. The Bertz CT molecular complexity index is 502. The van der Waals surface area contributed by atoms with Gasteiger partial charge in [0.15, 0.2) is 0 Å². The lowest BCUT2D eigenvalue weighted by molar-refractivity contribution is 0.210. The van der Waals surface area contributed by atoms with Crippen LogP contribution in [0.1, 0.15) is 18.4 Å². The fraction of sp³-hybridized carbons (Fsp3) is 0.500. The van der Waals surface area contributed by atoms with Gasteiger partial charge in [-0.15, -0.1) is 0 Å². The van der Waals surface area contributed by atoms with Crippen LogP contribution in [0.4, 0.5) is 4.39 Å². The Morgan fingerprint density at radius 2 is 2.15 bits per heavy atom. The van der Waals surface area contributed by atoms with Gasteiger partial charge in [-0.05, 0) is 37.3 Å². The molecule has 6 heteroatoms. The standard InChI is InChI=1S/C14H18ClFN2S2/c1-20-14(13(17)19)4-6-18(7-5-14)9-10-8-11(15)2-3-12(10)16/h2-3,8H,4-7,9H2,1H3,(H2,17,19). The summed E-state index contributed by atoms with van der Waals surface area (Å²) in [5, 5.41) is 0.569. The van der Waals surface area contributed by atoms with E-state index >= 15 is 0 Å². The number of thiocarbonyl (C=S) groups is 1. The van der Waals surface area contributed by atoms with E-state index in [-0.39, 0.29) is 10.6 Å². The highest BCUT2D eigenvalue weighted by molar-refractivity contribution is 8.02. The van der Waals surface area contributed by atoms with Crippen molar-refractivity contribution >= 4 is 40.6 Å². The number of nitrogens with zero attached hydrogens (tertiary/aromatic N) is 1. The first kappa shape index (κ1) is 16.0. The molecule has 1 heterocycles. The van der Waals surface area contributed by atoms with Crippen LogP contribution < -0.4 is 5.73 Å². The molecule has 20 heavy (non-hydrogen) atoms. The van der Waals surface area contributed by atoms with Crippen LogP contribution in [0.25, 0.3) is 0 Å². The Kier molecular flexibility index (Phi) is 5.29. The molecule has 1 fully saturated rings. The minimum atomic E-state index is -0.203. The maximum absolute atomic E-state index is 13.7. The average Bonchev–Trinajstić information content (AvgIpc) is 2.43. The number of piperidine rings is 1. The molecule has 0 aromatic heterocycles. The van der Waals surface area contributed by atoms with E-state index in [1.165, 1.54) is 6.07 Å². The van der Waals surface area contributed by atoms with Crippen LogP contribution >= 0.6 is 35.6 Å². The smallest absolute Gasteiger partial charge is 0.127 e. The van der Waals surface area contributed by atoms with Crippen molar-refractivity contribution in [2.45, 2.75) is 24.1 Å². The molecule has 110 valence electrons. The molecule has 0 spiro atoms. The second-order valence-electron chi connectivity index (χ2n) is 5.07. The highest BCUT2D eigenvalue weighted by Gasteiger charge is 2.36. The van der Waals surface area contributed by atoms with E-state index < -0.39 is 0 Å². The molecule has 2 nitrogen and oxygen atoms in total. The molecule has 1 aromatic rings. The number of halogens is 2. The highest BCUT2D eigenvalue weighted by Crippen LogP contribution is 2.35. The van der Waals surface area contributed by atoms with E-state index in [9.17, 15) is 4.39 Å². The third kappa shape index (κ3) is 3.45. The molecule has 1 saturated heterocycles. The number of rotatable bonds is 4. The molecular weight excluding hydrogens is 315 g/mol. The maximum Gasteiger partial charge on any atom is 0.127 e. The van der Waals surface area contributed by atoms with E-state index in [2.05, 4.69) is 4.90 Å². The topological polar surface area (TPSA) is 29.3 Å². The van der Waals surface area contributed by atoms with Crippen LogP contribution in [0.2, 0.25) is 5.02 Å². The minimum absolute atomic E-state index is 0.0985. The minimum Gasteiger partial charge on any atom is -0.392 e. The molecule has 0 aliphatic carbocycles. The predicted molar refractivity (Wildman–Crippen MR) is 89.0 cm³/mol. The Balaban J connectivity index is 2.01. The molecule has 2 rings (SSSR count). The zero-order chi connectivity index (χ0) is 14.8. The first-order valence-corrected chi connectivity index (χ1v) is 8.49. The highest BCUT2D eigenvalue weighted by atomic mass is 35.5. The SMILES string of the molecule is CSC1(C(N)=S)CCN(Cc2cc(Cl)ccc2F)CC1. The molecule has 0 radical (unpaired) electrons. The van der Waals surface area contributed by atoms with Gasteiger partial charge < -0.3 is 5.73 Å². The normalized spacial score (nSPS) is 18.9. The lowest BCUT2D eigenvalue weighted by Gasteiger charge is -2.40. The predicted octanol–water partition coefficient (Wildman–Crippen LogP) is 3.46. The lowest BCUT2D eigenvalue weighted by Crippen LogP contribution is -2.49. The summed E-state index contributed by atoms with van der Waals surface area (Å²) in [4.78, 5) is 2.81. The summed E-state index contributed by atoms with van der Waals surface area (Å²) in [6.07, 6.45) is 3.86. The fourth-order valence-corrected chi connectivity index (χ4v) is 3.97. The Labute approximate surface area is 133 Å². The molecule has 0 atom stereocenters. The number of thioether (sulfide) groups is 1. The number of likely N-dealkylation sites (tertiary alicyclic amines) is 1. The molecule has 2 N–H and O–H groups in total. The van der Waals surface area contributed by atoms with E-state index in [1.54, 1.807) is 23.9 Å². The summed E-state index contributed by atoms with van der Waals surface area (Å²) in [7, 11) is 0. The summed E-state index contributed by atoms with van der Waals surface area (Å²) >= 11 is 12.8. The van der Waals surface area contributed by atoms with Crippen molar-refractivity contribution < 1.29 is 4.39 Å². The van der Waals surface area contributed by atoms with Crippen molar-refractivity contribution in [2.75, 3.05) is 19.3 Å². The molecule has 1 aliphatic heterocycles. The van der Waals surface area contributed by atoms with Gasteiger partial charge in [-0.2, -0.15) is 11.8 Å². The van der Waals surface area contributed by atoms with Crippen molar-refractivity contribution in [1.29, 1.82) is 0 Å². The van der Waals surface area contributed by atoms with Gasteiger partial charge in [0, 0.05) is 30.2 Å². The van der Waals surface area contributed by atoms with Gasteiger partial charge in [-0.25, -0.2) is 4.39 Å². The summed E-state index contributed by atoms with van der Waals surface area (Å²) < 4.78 is 13.6. The molecule has 0 amide bonds. The molecule has 1 aliphatic rings. The quantitative estimate of drug-likeness (QED) is 0.855. The number of benzene rings is 1. The van der Waals surface area contributed by atoms with Crippen molar-refractivity contribution in [3.8, 4) is 0 Å². The van der Waals surface area contributed by atoms with Gasteiger partial charge in [0.05, 0.1) is 9.74 Å². The van der Waals surface area contributed by atoms with Crippen LogP contribution in [0.5, 0.6) is 0 Å². The second kappa shape index (κ2) is 6.60. The van der Waals surface area contributed by atoms with Crippen LogP contribution in [0, 0.1) is 5.82 Å². The van der Waals surface area contributed by atoms with E-state index in [4.69, 9.17) is 29.6 Å². The lowest BCUT2D eigenvalue weighted by atomic mass is 9.95. The van der Waals surface area contributed by atoms with Gasteiger partial charge in [-0.1, -0.05) is 23.8 Å². The molecule has 0 bridgehead atoms. The van der Waals surface area contributed by atoms with Crippen LogP contribution in [0.3, 0.4) is 0 Å². The van der Waals surface area contributed by atoms with E-state index in [0.29, 0.717) is 22.1 Å². The monoisotopic (exact) mass is 332 g/mol. The average molecular weight is 333 g/mol. The van der Waals surface area contributed by atoms with Gasteiger partial charge in [0.25, 0.3) is 0 Å². The molecular formula is C14H18ClFN2S2. The first-order chi connectivity index (χ1) is 9.47. The largest absolute Gasteiger partial charge is 0.392 e. The van der Waals surface area contributed by atoms with E-state index in [1.807, 2.05) is 6.26 Å². The first-order valence-electron chi connectivity index (χ1n) is 6.48. The van der Waals surface area contributed by atoms with Gasteiger partial charge in [0.2, 0.25) is 0 Å². The van der Waals surface area contributed by atoms with Crippen molar-refractivity contribution in [1.82, 2.24) is 4.90 Å². The maximum atomic E-state index is 13.7. The fourth-order valence-electron chi connectivity index (χ4n) is 2.53. The zero-order valence-corrected chi connectivity index (χ0v) is 13.8. The third-order valence-electron chi connectivity index (χ3n) is 3.91. The van der Waals surface area contributed by atoms with Crippen LogP contribution in [-0.2, 0) is 6.54 Å². The van der Waals surface area contributed by atoms with Crippen LogP contribution in [0.15, 0.2) is 18.2 Å². The van der Waals surface area contributed by atoms with Crippen molar-refractivity contribution in [2.24, 2.45) is 5.73 Å². The van der Waals surface area contributed by atoms with Gasteiger partial charge >= 0.3 is 0 Å². The van der Waals surface area contributed by atoms with Gasteiger partial charge in [0.1, 0.15) is 5.82 Å². The number of hydrogen-bond donors (Lipinski definition) is 1. The molecule has 0 saturated carbocycles. The van der Waals surface area contributed by atoms with Crippen molar-refractivity contribution in [3.63, 3.8) is 0 Å². The third-order valence-corrected chi connectivity index (χ3v) is 6.07. The second-order valence-corrected chi connectivity index (χ2v) is 7.14. The summed E-state index contributed by atoms with van der Waals surface area (Å²) in [5.41, 5.74) is 6.51. The van der Waals surface area contributed by atoms with Crippen LogP contribution in [-0.4, -0.2) is 34.0 Å². The van der Waals surface area contributed by atoms with E-state index in [0.717, 1.165) is 25.9 Å². The Hall–Kier alpha value is -0.360. The zero-order valence-electron chi connectivity index (χ0n) is 11.4. The summed E-state index contributed by atoms with van der Waals surface area (Å²) in [6.45, 7) is 2.31.